The molecule has 0 unspecified atom stereocenters. The highest BCUT2D eigenvalue weighted by Gasteiger charge is 2.39. The number of aromatic amines is 1. The number of benzene rings is 2. The predicted octanol–water partition coefficient (Wildman–Crippen LogP) is 5.07. The third kappa shape index (κ3) is 2.79. The van der Waals surface area contributed by atoms with Crippen molar-refractivity contribution in [1.82, 2.24) is 4.98 Å². The molecule has 1 N–H and O–H groups in total. The molecule has 120 valence electrons. The van der Waals surface area contributed by atoms with Crippen molar-refractivity contribution in [3.05, 3.63) is 52.8 Å². The van der Waals surface area contributed by atoms with E-state index >= 15 is 0 Å². The van der Waals surface area contributed by atoms with Gasteiger partial charge in [-0.1, -0.05) is 39.0 Å². The molecule has 0 aliphatic rings. The van der Waals surface area contributed by atoms with E-state index in [0.29, 0.717) is 5.39 Å². The lowest BCUT2D eigenvalue weighted by Crippen LogP contribution is -2.43. The van der Waals surface area contributed by atoms with Gasteiger partial charge in [0.1, 0.15) is 5.75 Å². The van der Waals surface area contributed by atoms with Crippen molar-refractivity contribution in [2.45, 2.75) is 38.9 Å². The Kier molecular flexibility index (Phi) is 3.60. The van der Waals surface area contributed by atoms with E-state index in [1.807, 2.05) is 42.5 Å². The fraction of sp³-hybridized carbons (Fsp3) is 0.316. The third-order valence-corrected chi connectivity index (χ3v) is 9.24. The van der Waals surface area contributed by atoms with Crippen LogP contribution < -0.4 is 9.99 Å². The normalized spacial score (nSPS) is 12.7. The lowest BCUT2D eigenvalue weighted by atomic mass is 10.1. The number of pyridine rings is 1. The van der Waals surface area contributed by atoms with E-state index in [2.05, 4.69) is 38.8 Å². The number of hydrogen-bond donors (Lipinski definition) is 1. The molecule has 3 rings (SSSR count). The molecule has 0 amide bonds. The van der Waals surface area contributed by atoms with Crippen LogP contribution in [0.5, 0.6) is 5.75 Å². The number of fused-ring (bicyclic) bond motifs is 3. The van der Waals surface area contributed by atoms with Gasteiger partial charge in [0.25, 0.3) is 5.56 Å². The molecule has 0 spiro atoms. The zero-order valence-electron chi connectivity index (χ0n) is 14.4. The average molecular weight is 325 g/mol. The van der Waals surface area contributed by atoms with Crippen molar-refractivity contribution < 1.29 is 4.43 Å². The highest BCUT2D eigenvalue weighted by molar-refractivity contribution is 6.74. The van der Waals surface area contributed by atoms with Crippen molar-refractivity contribution in [3.8, 4) is 5.75 Å². The van der Waals surface area contributed by atoms with E-state index in [0.717, 1.165) is 22.0 Å². The zero-order chi connectivity index (χ0) is 16.8. The quantitative estimate of drug-likeness (QED) is 0.528. The molecule has 0 saturated carbocycles. The molecule has 0 aliphatic carbocycles. The first-order chi connectivity index (χ1) is 10.7. The molecular formula is C19H23NO2Si. The number of aromatic nitrogens is 1. The van der Waals surface area contributed by atoms with Gasteiger partial charge in [-0.25, -0.2) is 0 Å². The first kappa shape index (κ1) is 15.8. The maximum Gasteiger partial charge on any atom is 0.256 e. The SMILES string of the molecule is CC(C)(C)[Si](C)(C)Oc1ccc2c(=O)[nH]c3ccccc3c2c1. The van der Waals surface area contributed by atoms with Gasteiger partial charge in [-0.05, 0) is 42.4 Å². The summed E-state index contributed by atoms with van der Waals surface area (Å²) in [5.74, 6) is 0.847. The summed E-state index contributed by atoms with van der Waals surface area (Å²) < 4.78 is 6.39. The van der Waals surface area contributed by atoms with Crippen LogP contribution in [0.3, 0.4) is 0 Å². The van der Waals surface area contributed by atoms with Gasteiger partial charge >= 0.3 is 0 Å². The molecule has 23 heavy (non-hydrogen) atoms. The summed E-state index contributed by atoms with van der Waals surface area (Å²) in [5.41, 5.74) is 0.798. The summed E-state index contributed by atoms with van der Waals surface area (Å²) >= 11 is 0. The molecule has 0 saturated heterocycles. The van der Waals surface area contributed by atoms with Crippen LogP contribution >= 0.6 is 0 Å². The summed E-state index contributed by atoms with van der Waals surface area (Å²) in [6, 6.07) is 13.7. The number of nitrogens with one attached hydrogen (secondary N) is 1. The molecule has 4 heteroatoms. The van der Waals surface area contributed by atoms with E-state index in [9.17, 15) is 4.79 Å². The zero-order valence-corrected chi connectivity index (χ0v) is 15.4. The maximum atomic E-state index is 12.3. The van der Waals surface area contributed by atoms with Crippen molar-refractivity contribution in [3.63, 3.8) is 0 Å². The standard InChI is InChI=1S/C19H23NO2Si/c1-19(2,3)23(4,5)22-13-10-11-15-16(12-13)14-8-6-7-9-17(14)20-18(15)21/h6-12H,1-5H3,(H,20,21). The van der Waals surface area contributed by atoms with Crippen LogP contribution in [0, 0.1) is 0 Å². The van der Waals surface area contributed by atoms with E-state index in [1.165, 1.54) is 0 Å². The molecule has 0 atom stereocenters. The first-order valence-electron chi connectivity index (χ1n) is 7.93. The number of H-pyrrole nitrogens is 1. The van der Waals surface area contributed by atoms with Gasteiger partial charge in [-0.2, -0.15) is 0 Å². The Labute approximate surface area is 137 Å². The number of para-hydroxylation sites is 1. The Morgan fingerprint density at radius 2 is 1.65 bits per heavy atom. The topological polar surface area (TPSA) is 42.1 Å². The van der Waals surface area contributed by atoms with E-state index < -0.39 is 8.32 Å². The monoisotopic (exact) mass is 325 g/mol. The maximum absolute atomic E-state index is 12.3. The van der Waals surface area contributed by atoms with Gasteiger partial charge in [0, 0.05) is 21.7 Å². The summed E-state index contributed by atoms with van der Waals surface area (Å²) in [6.45, 7) is 11.1. The Morgan fingerprint density at radius 1 is 0.957 bits per heavy atom. The summed E-state index contributed by atoms with van der Waals surface area (Å²) in [7, 11) is -1.90. The van der Waals surface area contributed by atoms with E-state index in [-0.39, 0.29) is 10.6 Å². The largest absolute Gasteiger partial charge is 0.543 e. The van der Waals surface area contributed by atoms with Crippen molar-refractivity contribution >= 4 is 30.0 Å². The van der Waals surface area contributed by atoms with E-state index in [4.69, 9.17) is 4.43 Å². The van der Waals surface area contributed by atoms with Crippen molar-refractivity contribution in [2.24, 2.45) is 0 Å². The minimum atomic E-state index is -1.90. The van der Waals surface area contributed by atoms with Crippen LogP contribution in [0.25, 0.3) is 21.7 Å². The average Bonchev–Trinajstić information content (AvgIpc) is 2.46. The van der Waals surface area contributed by atoms with Gasteiger partial charge in [-0.3, -0.25) is 4.79 Å². The first-order valence-corrected chi connectivity index (χ1v) is 10.8. The highest BCUT2D eigenvalue weighted by Crippen LogP contribution is 2.38. The Bertz CT molecular complexity index is 935. The van der Waals surface area contributed by atoms with Gasteiger partial charge in [-0.15, -0.1) is 0 Å². The van der Waals surface area contributed by atoms with Crippen LogP contribution in [0.15, 0.2) is 47.3 Å². The number of hydrogen-bond acceptors (Lipinski definition) is 2. The molecule has 1 aromatic heterocycles. The second-order valence-electron chi connectivity index (χ2n) is 7.57. The summed E-state index contributed by atoms with van der Waals surface area (Å²) in [6.07, 6.45) is 0. The van der Waals surface area contributed by atoms with Crippen LogP contribution in [-0.4, -0.2) is 13.3 Å². The lowest BCUT2D eigenvalue weighted by Gasteiger charge is -2.36. The van der Waals surface area contributed by atoms with Crippen molar-refractivity contribution in [1.29, 1.82) is 0 Å². The smallest absolute Gasteiger partial charge is 0.256 e. The predicted molar refractivity (Wildman–Crippen MR) is 99.9 cm³/mol. The minimum absolute atomic E-state index is 0.0578. The van der Waals surface area contributed by atoms with Crippen LogP contribution in [0.1, 0.15) is 20.8 Å². The fourth-order valence-electron chi connectivity index (χ4n) is 2.47. The van der Waals surface area contributed by atoms with Gasteiger partial charge in [0.2, 0.25) is 8.32 Å². The third-order valence-electron chi connectivity index (χ3n) is 4.88. The van der Waals surface area contributed by atoms with Gasteiger partial charge < -0.3 is 9.41 Å². The molecule has 3 nitrogen and oxygen atoms in total. The Morgan fingerprint density at radius 3 is 2.35 bits per heavy atom. The molecule has 0 radical (unpaired) electrons. The van der Waals surface area contributed by atoms with Gasteiger partial charge in [0.05, 0.1) is 0 Å². The molecule has 0 aliphatic heterocycles. The molecule has 2 aromatic carbocycles. The lowest BCUT2D eigenvalue weighted by molar-refractivity contribution is 0.493. The summed E-state index contributed by atoms with van der Waals surface area (Å²) in [4.78, 5) is 15.2. The second-order valence-corrected chi connectivity index (χ2v) is 12.3. The number of rotatable bonds is 2. The molecule has 0 fully saturated rings. The van der Waals surface area contributed by atoms with Crippen LogP contribution in [0.2, 0.25) is 18.1 Å². The Balaban J connectivity index is 2.19. The van der Waals surface area contributed by atoms with Crippen molar-refractivity contribution in [2.75, 3.05) is 0 Å². The summed E-state index contributed by atoms with van der Waals surface area (Å²) in [5, 5.41) is 2.83. The highest BCUT2D eigenvalue weighted by atomic mass is 28.4. The molecule has 1 heterocycles. The molecule has 0 bridgehead atoms. The second kappa shape index (κ2) is 5.23. The molecule has 3 aromatic rings. The minimum Gasteiger partial charge on any atom is -0.543 e. The van der Waals surface area contributed by atoms with Crippen LogP contribution in [0.4, 0.5) is 0 Å². The van der Waals surface area contributed by atoms with E-state index in [1.54, 1.807) is 0 Å². The fourth-order valence-corrected chi connectivity index (χ4v) is 3.49. The van der Waals surface area contributed by atoms with Gasteiger partial charge in [0.15, 0.2) is 0 Å². The molecular weight excluding hydrogens is 302 g/mol. The van der Waals surface area contributed by atoms with Crippen LogP contribution in [-0.2, 0) is 0 Å². The Hall–Kier alpha value is -2.07.